The van der Waals surface area contributed by atoms with Crippen molar-refractivity contribution in [1.82, 2.24) is 0 Å². The molecule has 0 saturated heterocycles. The fourth-order valence-corrected chi connectivity index (χ4v) is 11.9. The van der Waals surface area contributed by atoms with Crippen LogP contribution >= 0.6 is 0 Å². The number of rotatable bonds is 6. The van der Waals surface area contributed by atoms with Gasteiger partial charge in [0.15, 0.2) is 0 Å². The Labute approximate surface area is 236 Å². The van der Waals surface area contributed by atoms with E-state index in [1.54, 1.807) is 0 Å². The molecule has 1 N–H and O–H groups in total. The molecule has 0 heterocycles. The molecule has 220 valence electrons. The summed E-state index contributed by atoms with van der Waals surface area (Å²) in [7, 11) is 0. The number of fused-ring (bicyclic) bond motifs is 7. The molecule has 5 saturated carbocycles. The zero-order chi connectivity index (χ0) is 28.6. The van der Waals surface area contributed by atoms with E-state index in [0.717, 1.165) is 43.4 Å². The maximum atomic E-state index is 13.0. The number of allylic oxidation sites excluding steroid dienone is 1. The van der Waals surface area contributed by atoms with Crippen LogP contribution in [0.15, 0.2) is 12.2 Å². The van der Waals surface area contributed by atoms with Crippen LogP contribution in [0.3, 0.4) is 0 Å². The topological polar surface area (TPSA) is 72.8 Å². The Morgan fingerprint density at radius 1 is 0.846 bits per heavy atom. The average Bonchev–Trinajstić information content (AvgIpc) is 3.21. The third kappa shape index (κ3) is 4.17. The van der Waals surface area contributed by atoms with Gasteiger partial charge in [-0.1, -0.05) is 53.7 Å². The van der Waals surface area contributed by atoms with Crippen molar-refractivity contribution >= 4 is 11.9 Å². The second kappa shape index (κ2) is 9.60. The predicted molar refractivity (Wildman–Crippen MR) is 153 cm³/mol. The smallest absolute Gasteiger partial charge is 0.332 e. The van der Waals surface area contributed by atoms with Gasteiger partial charge >= 0.3 is 11.9 Å². The first-order chi connectivity index (χ1) is 18.1. The van der Waals surface area contributed by atoms with E-state index in [1.807, 2.05) is 0 Å². The molecule has 0 aromatic rings. The highest BCUT2D eigenvalue weighted by molar-refractivity contribution is 5.72. The normalized spacial score (nSPS) is 48.2. The molecule has 0 spiro atoms. The highest BCUT2D eigenvalue weighted by Crippen LogP contribution is 2.77. The van der Waals surface area contributed by atoms with Crippen LogP contribution in [0.2, 0.25) is 0 Å². The van der Waals surface area contributed by atoms with Crippen molar-refractivity contribution in [1.29, 1.82) is 0 Å². The first kappa shape index (κ1) is 29.1. The van der Waals surface area contributed by atoms with E-state index >= 15 is 0 Å². The van der Waals surface area contributed by atoms with Crippen molar-refractivity contribution in [2.24, 2.45) is 57.2 Å². The van der Waals surface area contributed by atoms with Crippen LogP contribution in [-0.4, -0.2) is 35.9 Å². The minimum absolute atomic E-state index is 0.204. The number of hydrogen-bond donors (Lipinski definition) is 1. The zero-order valence-corrected chi connectivity index (χ0v) is 25.7. The van der Waals surface area contributed by atoms with Crippen molar-refractivity contribution in [2.75, 3.05) is 13.2 Å². The van der Waals surface area contributed by atoms with Gasteiger partial charge in [0.1, 0.15) is 18.8 Å². The fourth-order valence-electron chi connectivity index (χ4n) is 11.9. The van der Waals surface area contributed by atoms with Gasteiger partial charge in [-0.3, -0.25) is 0 Å². The van der Waals surface area contributed by atoms with Crippen molar-refractivity contribution < 1.29 is 24.2 Å². The molecule has 0 aliphatic heterocycles. The van der Waals surface area contributed by atoms with Gasteiger partial charge < -0.3 is 14.6 Å². The SMILES string of the molecule is C=C(C)C1CCC2(OC(=O)COCC(=O)O)CC[C@@]3(C)C(CCC4[C@@]5(C)CCC(C)C(C)(C)C5CC[C@]43C)C12. The fraction of sp³-hybridized carbons (Fsp3) is 0.882. The molecule has 5 rings (SSSR count). The van der Waals surface area contributed by atoms with Gasteiger partial charge in [-0.2, -0.15) is 0 Å². The van der Waals surface area contributed by atoms with Crippen LogP contribution in [0.25, 0.3) is 0 Å². The number of hydrogen-bond acceptors (Lipinski definition) is 4. The molecule has 5 heteroatoms. The quantitative estimate of drug-likeness (QED) is 0.275. The number of carbonyl (C=O) groups excluding carboxylic acids is 1. The van der Waals surface area contributed by atoms with Crippen molar-refractivity contribution in [3.8, 4) is 0 Å². The second-order valence-electron chi connectivity index (χ2n) is 15.9. The summed E-state index contributed by atoms with van der Waals surface area (Å²) in [5.74, 6) is 1.97. The molecule has 0 aromatic carbocycles. The summed E-state index contributed by atoms with van der Waals surface area (Å²) < 4.78 is 11.5. The van der Waals surface area contributed by atoms with Gasteiger partial charge in [-0.05, 0) is 122 Å². The first-order valence-corrected chi connectivity index (χ1v) is 15.8. The summed E-state index contributed by atoms with van der Waals surface area (Å²) in [6.07, 6.45) is 11.7. The zero-order valence-electron chi connectivity index (χ0n) is 25.7. The molecule has 10 atom stereocenters. The van der Waals surface area contributed by atoms with Crippen LogP contribution in [-0.2, 0) is 19.1 Å². The highest BCUT2D eigenvalue weighted by atomic mass is 16.6. The third-order valence-electron chi connectivity index (χ3n) is 14.3. The Morgan fingerprint density at radius 2 is 1.56 bits per heavy atom. The average molecular weight is 543 g/mol. The predicted octanol–water partition coefficient (Wildman–Crippen LogP) is 7.68. The van der Waals surface area contributed by atoms with E-state index in [-0.39, 0.29) is 23.4 Å². The molecule has 0 radical (unpaired) electrons. The molecule has 5 nitrogen and oxygen atoms in total. The number of esters is 1. The summed E-state index contributed by atoms with van der Waals surface area (Å²) in [4.78, 5) is 23.8. The largest absolute Gasteiger partial charge is 0.480 e. The Hall–Kier alpha value is -1.36. The minimum atomic E-state index is -1.07. The minimum Gasteiger partial charge on any atom is -0.480 e. The summed E-state index contributed by atoms with van der Waals surface area (Å²) in [6.45, 7) is 21.3. The summed E-state index contributed by atoms with van der Waals surface area (Å²) in [6, 6.07) is 0. The van der Waals surface area contributed by atoms with Crippen LogP contribution in [0.4, 0.5) is 0 Å². The lowest BCUT2D eigenvalue weighted by atomic mass is 9.32. The second-order valence-corrected chi connectivity index (χ2v) is 15.9. The lowest BCUT2D eigenvalue weighted by molar-refractivity contribution is -0.253. The summed E-state index contributed by atoms with van der Waals surface area (Å²) in [5.41, 5.74) is 2.00. The van der Waals surface area contributed by atoms with Gasteiger partial charge in [0.05, 0.1) is 0 Å². The van der Waals surface area contributed by atoms with E-state index in [2.05, 4.69) is 55.0 Å². The molecule has 7 unspecified atom stereocenters. The Balaban J connectivity index is 1.46. The summed E-state index contributed by atoms with van der Waals surface area (Å²) >= 11 is 0. The Kier molecular flexibility index (Phi) is 7.17. The van der Waals surface area contributed by atoms with Crippen molar-refractivity contribution in [3.63, 3.8) is 0 Å². The molecule has 0 bridgehead atoms. The molecule has 5 aliphatic rings. The van der Waals surface area contributed by atoms with Crippen LogP contribution in [0, 0.1) is 57.2 Å². The number of aliphatic carboxylic acids is 1. The molecule has 39 heavy (non-hydrogen) atoms. The van der Waals surface area contributed by atoms with E-state index < -0.39 is 24.1 Å². The monoisotopic (exact) mass is 542 g/mol. The van der Waals surface area contributed by atoms with Gasteiger partial charge in [-0.25, -0.2) is 9.59 Å². The third-order valence-corrected chi connectivity index (χ3v) is 14.3. The van der Waals surface area contributed by atoms with E-state index in [0.29, 0.717) is 22.7 Å². The molecular formula is C34H54O5. The number of carboxylic acid groups (broad SMARTS) is 1. The Bertz CT molecular complexity index is 1020. The van der Waals surface area contributed by atoms with Gasteiger partial charge in [0, 0.05) is 5.92 Å². The molecule has 5 aliphatic carbocycles. The van der Waals surface area contributed by atoms with E-state index in [1.165, 1.54) is 44.1 Å². The first-order valence-electron chi connectivity index (χ1n) is 15.8. The maximum absolute atomic E-state index is 13.0. The number of carbonyl (C=O) groups is 2. The maximum Gasteiger partial charge on any atom is 0.332 e. The lowest BCUT2D eigenvalue weighted by Gasteiger charge is -2.73. The van der Waals surface area contributed by atoms with Gasteiger partial charge in [0.25, 0.3) is 0 Å². The summed E-state index contributed by atoms with van der Waals surface area (Å²) in [5, 5.41) is 8.91. The Morgan fingerprint density at radius 3 is 2.23 bits per heavy atom. The van der Waals surface area contributed by atoms with E-state index in [9.17, 15) is 9.59 Å². The highest BCUT2D eigenvalue weighted by Gasteiger charge is 2.71. The number of ether oxygens (including phenoxy) is 2. The molecule has 5 fully saturated rings. The van der Waals surface area contributed by atoms with Gasteiger partial charge in [-0.15, -0.1) is 0 Å². The lowest BCUT2D eigenvalue weighted by Crippen LogP contribution is -2.67. The van der Waals surface area contributed by atoms with Crippen molar-refractivity contribution in [3.05, 3.63) is 12.2 Å². The standard InChI is InChI=1S/C34H54O5/c1-21(2)23-12-16-34(39-28(37)20-38-19-27(35)36)18-17-32(7)24(29(23)34)9-10-26-31(6)14-11-22(3)30(4,5)25(31)13-15-33(26,32)8/h22-26,29H,1,9-20H2,2-8H3,(H,35,36)/t22?,23?,24?,25?,26?,29?,31-,32-,33+,34?/m0/s1. The van der Waals surface area contributed by atoms with Crippen LogP contribution < -0.4 is 0 Å². The molecule has 0 aromatic heterocycles. The molecular weight excluding hydrogens is 488 g/mol. The molecule has 0 amide bonds. The number of carboxylic acids is 1. The van der Waals surface area contributed by atoms with Crippen molar-refractivity contribution in [2.45, 2.75) is 118 Å². The van der Waals surface area contributed by atoms with Crippen LogP contribution in [0.1, 0.15) is 113 Å². The van der Waals surface area contributed by atoms with Gasteiger partial charge in [0.2, 0.25) is 0 Å². The van der Waals surface area contributed by atoms with E-state index in [4.69, 9.17) is 14.6 Å². The van der Waals surface area contributed by atoms with Crippen LogP contribution in [0.5, 0.6) is 0 Å².